The molecule has 9 heteroatoms. The molecule has 35 heavy (non-hydrogen) atoms. The van der Waals surface area contributed by atoms with E-state index >= 15 is 0 Å². The SMILES string of the molecule is CN1CC(CCN2CCC(C(O)(c3ccccc3)c3ccccc3)CC2)OC1=O.O=C(O)C(=O)O. The maximum Gasteiger partial charge on any atom is 0.414 e. The third-order valence-electron chi connectivity index (χ3n) is 6.61. The van der Waals surface area contributed by atoms with Crippen LogP contribution in [-0.2, 0) is 19.9 Å². The van der Waals surface area contributed by atoms with Crippen molar-refractivity contribution in [1.29, 1.82) is 0 Å². The number of hydrogen-bond donors (Lipinski definition) is 3. The summed E-state index contributed by atoms with van der Waals surface area (Å²) in [4.78, 5) is 33.8. The minimum atomic E-state index is -1.82. The summed E-state index contributed by atoms with van der Waals surface area (Å²) in [5, 5.41) is 26.7. The molecule has 1 amide bonds. The van der Waals surface area contributed by atoms with Crippen LogP contribution >= 0.6 is 0 Å². The Bertz CT molecular complexity index is 940. The van der Waals surface area contributed by atoms with Crippen molar-refractivity contribution in [1.82, 2.24) is 9.80 Å². The molecule has 2 aromatic carbocycles. The van der Waals surface area contributed by atoms with Crippen molar-refractivity contribution in [2.24, 2.45) is 5.92 Å². The molecule has 188 valence electrons. The van der Waals surface area contributed by atoms with E-state index in [1.54, 1.807) is 11.9 Å². The first-order valence-corrected chi connectivity index (χ1v) is 11.7. The van der Waals surface area contributed by atoms with Gasteiger partial charge in [0.15, 0.2) is 0 Å². The van der Waals surface area contributed by atoms with Gasteiger partial charge in [0.2, 0.25) is 0 Å². The fourth-order valence-electron chi connectivity index (χ4n) is 4.72. The molecule has 2 fully saturated rings. The summed E-state index contributed by atoms with van der Waals surface area (Å²) in [7, 11) is 1.78. The zero-order valence-electron chi connectivity index (χ0n) is 19.7. The normalized spacial score (nSPS) is 19.0. The lowest BCUT2D eigenvalue weighted by atomic mass is 9.72. The molecule has 2 aliphatic rings. The van der Waals surface area contributed by atoms with Gasteiger partial charge >= 0.3 is 18.0 Å². The third-order valence-corrected chi connectivity index (χ3v) is 6.61. The predicted molar refractivity (Wildman–Crippen MR) is 128 cm³/mol. The van der Waals surface area contributed by atoms with Crippen LogP contribution in [0.4, 0.5) is 4.79 Å². The van der Waals surface area contributed by atoms with Crippen LogP contribution in [0.2, 0.25) is 0 Å². The van der Waals surface area contributed by atoms with Gasteiger partial charge in [-0.2, -0.15) is 0 Å². The molecule has 2 aliphatic heterocycles. The van der Waals surface area contributed by atoms with Crippen molar-refractivity contribution in [2.45, 2.75) is 31.0 Å². The fourth-order valence-corrected chi connectivity index (χ4v) is 4.72. The molecule has 0 saturated carbocycles. The van der Waals surface area contributed by atoms with Gasteiger partial charge < -0.3 is 29.9 Å². The number of likely N-dealkylation sites (N-methyl/N-ethyl adjacent to an activating group) is 1. The fraction of sp³-hybridized carbons (Fsp3) is 0.423. The first-order chi connectivity index (χ1) is 16.7. The third kappa shape index (κ3) is 6.58. The number of nitrogens with zero attached hydrogens (tertiary/aromatic N) is 2. The van der Waals surface area contributed by atoms with Crippen LogP contribution in [0.15, 0.2) is 60.7 Å². The molecule has 0 aliphatic carbocycles. The zero-order valence-corrected chi connectivity index (χ0v) is 19.7. The number of benzene rings is 2. The van der Waals surface area contributed by atoms with Crippen molar-refractivity contribution < 1.29 is 34.4 Å². The molecule has 0 radical (unpaired) electrons. The second-order valence-corrected chi connectivity index (χ2v) is 8.90. The largest absolute Gasteiger partial charge is 0.473 e. The number of aliphatic carboxylic acids is 2. The smallest absolute Gasteiger partial charge is 0.414 e. The van der Waals surface area contributed by atoms with Crippen molar-refractivity contribution in [3.8, 4) is 0 Å². The van der Waals surface area contributed by atoms with Crippen molar-refractivity contribution in [3.05, 3.63) is 71.8 Å². The summed E-state index contributed by atoms with van der Waals surface area (Å²) in [5.74, 6) is -3.48. The van der Waals surface area contributed by atoms with Crippen molar-refractivity contribution in [3.63, 3.8) is 0 Å². The van der Waals surface area contributed by atoms with Gasteiger partial charge in [-0.25, -0.2) is 14.4 Å². The summed E-state index contributed by atoms with van der Waals surface area (Å²) in [6.45, 7) is 3.50. The topological polar surface area (TPSA) is 128 Å². The van der Waals surface area contributed by atoms with Gasteiger partial charge in [-0.3, -0.25) is 0 Å². The molecule has 2 heterocycles. The number of rotatable bonds is 6. The maximum absolute atomic E-state index is 11.9. The Labute approximate surface area is 204 Å². The lowest BCUT2D eigenvalue weighted by Gasteiger charge is -2.42. The number of cyclic esters (lactones) is 1. The number of hydrogen-bond acceptors (Lipinski definition) is 6. The van der Waals surface area contributed by atoms with Gasteiger partial charge in [-0.05, 0) is 49.4 Å². The number of ether oxygens (including phenoxy) is 1. The summed E-state index contributed by atoms with van der Waals surface area (Å²) >= 11 is 0. The van der Waals surface area contributed by atoms with Crippen LogP contribution in [0.25, 0.3) is 0 Å². The van der Waals surface area contributed by atoms with E-state index < -0.39 is 17.5 Å². The number of piperidine rings is 1. The van der Waals surface area contributed by atoms with E-state index in [2.05, 4.69) is 4.90 Å². The van der Waals surface area contributed by atoms with Gasteiger partial charge in [-0.15, -0.1) is 0 Å². The number of carboxylic acids is 2. The Morgan fingerprint density at radius 1 is 0.943 bits per heavy atom. The first kappa shape index (κ1) is 26.2. The van der Waals surface area contributed by atoms with Crippen LogP contribution in [0.3, 0.4) is 0 Å². The first-order valence-electron chi connectivity index (χ1n) is 11.7. The molecule has 2 aromatic rings. The summed E-state index contributed by atoms with van der Waals surface area (Å²) < 4.78 is 5.38. The van der Waals surface area contributed by atoms with E-state index in [9.17, 15) is 9.90 Å². The van der Waals surface area contributed by atoms with E-state index in [1.165, 1.54) is 0 Å². The van der Waals surface area contributed by atoms with Crippen LogP contribution in [-0.4, -0.2) is 82.5 Å². The molecule has 1 unspecified atom stereocenters. The van der Waals surface area contributed by atoms with E-state index in [1.807, 2.05) is 60.7 Å². The standard InChI is InChI=1S/C24H30N2O3.C2H2O4/c1-25-18-22(29-23(25)27)14-17-26-15-12-21(13-16-26)24(28,19-8-4-2-5-9-19)20-10-6-3-7-11-20;3-1(4)2(5)6/h2-11,21-22,28H,12-18H2,1H3;(H,3,4)(H,5,6). The highest BCUT2D eigenvalue weighted by molar-refractivity contribution is 6.27. The minimum absolute atomic E-state index is 0.00389. The highest BCUT2D eigenvalue weighted by Gasteiger charge is 2.41. The van der Waals surface area contributed by atoms with Crippen LogP contribution < -0.4 is 0 Å². The Morgan fingerprint density at radius 3 is 1.83 bits per heavy atom. The molecule has 1 atom stereocenters. The number of amides is 1. The second-order valence-electron chi connectivity index (χ2n) is 8.90. The number of carbonyl (C=O) groups excluding carboxylic acids is 1. The van der Waals surface area contributed by atoms with Crippen LogP contribution in [0.5, 0.6) is 0 Å². The monoisotopic (exact) mass is 484 g/mol. The molecule has 3 N–H and O–H groups in total. The van der Waals surface area contributed by atoms with E-state index in [0.29, 0.717) is 6.54 Å². The Kier molecular flexibility index (Phi) is 8.84. The van der Waals surface area contributed by atoms with Crippen molar-refractivity contribution in [2.75, 3.05) is 33.2 Å². The summed E-state index contributed by atoms with van der Waals surface area (Å²) in [5.41, 5.74) is 0.953. The minimum Gasteiger partial charge on any atom is -0.473 e. The van der Waals surface area contributed by atoms with E-state index in [0.717, 1.165) is 50.0 Å². The van der Waals surface area contributed by atoms with Gasteiger partial charge in [0.25, 0.3) is 0 Å². The Hall–Kier alpha value is -3.43. The average molecular weight is 485 g/mol. The lowest BCUT2D eigenvalue weighted by Crippen LogP contribution is -2.44. The highest BCUT2D eigenvalue weighted by atomic mass is 16.6. The second kappa shape index (κ2) is 11.8. The number of aliphatic hydroxyl groups is 1. The van der Waals surface area contributed by atoms with E-state index in [-0.39, 0.29) is 18.1 Å². The van der Waals surface area contributed by atoms with Gasteiger partial charge in [0, 0.05) is 13.6 Å². The Morgan fingerprint density at radius 2 is 1.43 bits per heavy atom. The molecule has 2 saturated heterocycles. The molecule has 9 nitrogen and oxygen atoms in total. The maximum atomic E-state index is 11.9. The van der Waals surface area contributed by atoms with E-state index in [4.69, 9.17) is 24.5 Å². The molecule has 0 aromatic heterocycles. The highest BCUT2D eigenvalue weighted by Crippen LogP contribution is 2.41. The van der Waals surface area contributed by atoms with Crippen molar-refractivity contribution >= 4 is 18.0 Å². The average Bonchev–Trinajstić information content (AvgIpc) is 3.21. The molecule has 0 spiro atoms. The quantitative estimate of drug-likeness (QED) is 0.534. The molecule has 4 rings (SSSR count). The number of likely N-dealkylation sites (tertiary alicyclic amines) is 1. The van der Waals surface area contributed by atoms with Gasteiger partial charge in [0.05, 0.1) is 6.54 Å². The number of carbonyl (C=O) groups is 3. The summed E-state index contributed by atoms with van der Waals surface area (Å²) in [6.07, 6.45) is 2.51. The predicted octanol–water partition coefficient (Wildman–Crippen LogP) is 2.63. The lowest BCUT2D eigenvalue weighted by molar-refractivity contribution is -0.159. The molecule has 0 bridgehead atoms. The molecular formula is C26H32N2O7. The van der Waals surface area contributed by atoms with Gasteiger partial charge in [-0.1, -0.05) is 60.7 Å². The van der Waals surface area contributed by atoms with Crippen LogP contribution in [0.1, 0.15) is 30.4 Å². The molecular weight excluding hydrogens is 452 g/mol. The zero-order chi connectivity index (χ0) is 25.4. The van der Waals surface area contributed by atoms with Gasteiger partial charge in [0.1, 0.15) is 11.7 Å². The number of carboxylic acid groups (broad SMARTS) is 2. The van der Waals surface area contributed by atoms with Crippen LogP contribution in [0, 0.1) is 5.92 Å². The Balaban J connectivity index is 0.000000509. The summed E-state index contributed by atoms with van der Waals surface area (Å²) in [6, 6.07) is 20.1.